The number of hydrogen-bond donors (Lipinski definition) is 1. The molecule has 0 bridgehead atoms. The summed E-state index contributed by atoms with van der Waals surface area (Å²) in [5.41, 5.74) is 1.16. The van der Waals surface area contributed by atoms with Crippen LogP contribution >= 0.6 is 11.6 Å². The largest absolute Gasteiger partial charge is 0.324 e. The van der Waals surface area contributed by atoms with Crippen molar-refractivity contribution in [1.29, 1.82) is 0 Å². The molecule has 0 aliphatic carbocycles. The zero-order valence-electron chi connectivity index (χ0n) is 11.7. The van der Waals surface area contributed by atoms with Crippen LogP contribution in [0.3, 0.4) is 0 Å². The quantitative estimate of drug-likeness (QED) is 0.722. The molecule has 0 spiro atoms. The van der Waals surface area contributed by atoms with Gasteiger partial charge in [0.15, 0.2) is 0 Å². The predicted molar refractivity (Wildman–Crippen MR) is 82.9 cm³/mol. The summed E-state index contributed by atoms with van der Waals surface area (Å²) in [6.45, 7) is 0. The van der Waals surface area contributed by atoms with Gasteiger partial charge in [0.05, 0.1) is 17.4 Å². The van der Waals surface area contributed by atoms with E-state index in [1.54, 1.807) is 0 Å². The number of fused-ring (bicyclic) bond motifs is 1. The first-order chi connectivity index (χ1) is 10.8. The highest BCUT2D eigenvalue weighted by atomic mass is 35.5. The van der Waals surface area contributed by atoms with Crippen LogP contribution < -0.4 is 5.32 Å². The van der Waals surface area contributed by atoms with Crippen LogP contribution in [-0.2, 0) is 9.84 Å². The number of benzene rings is 1. The van der Waals surface area contributed by atoms with Gasteiger partial charge in [-0.15, -0.1) is 0 Å². The molecule has 0 aliphatic heterocycles. The van der Waals surface area contributed by atoms with Crippen molar-refractivity contribution in [3.63, 3.8) is 0 Å². The molecule has 3 rings (SSSR count). The van der Waals surface area contributed by atoms with E-state index in [1.807, 2.05) is 0 Å². The molecule has 0 unspecified atom stereocenters. The minimum atomic E-state index is -3.51. The predicted octanol–water partition coefficient (Wildman–Crippen LogP) is 2.36. The minimum absolute atomic E-state index is 0.0306. The Hall–Kier alpha value is -2.39. The van der Waals surface area contributed by atoms with Gasteiger partial charge in [-0.1, -0.05) is 11.6 Å². The Labute approximate surface area is 135 Å². The van der Waals surface area contributed by atoms with Crippen molar-refractivity contribution in [2.24, 2.45) is 0 Å². The maximum Gasteiger partial charge on any atom is 0.247 e. The lowest BCUT2D eigenvalue weighted by atomic mass is 10.3. The van der Waals surface area contributed by atoms with Crippen molar-refractivity contribution in [3.05, 3.63) is 41.4 Å². The van der Waals surface area contributed by atoms with E-state index in [9.17, 15) is 12.8 Å². The summed E-state index contributed by atoms with van der Waals surface area (Å²) in [6, 6.07) is 4.10. The summed E-state index contributed by atoms with van der Waals surface area (Å²) in [5, 5.41) is 2.54. The van der Waals surface area contributed by atoms with Gasteiger partial charge in [0, 0.05) is 11.9 Å². The highest BCUT2D eigenvalue weighted by molar-refractivity contribution is 7.90. The standard InChI is InChI=1S/C13H9ClFN5O2S/c1-23(21,22)13-17-6-10-11(20-13)5-16-12(19-10)18-7-2-3-9(15)8(14)4-7/h2-6H,1H3,(H,16,18,19). The van der Waals surface area contributed by atoms with Crippen molar-refractivity contribution < 1.29 is 12.8 Å². The highest BCUT2D eigenvalue weighted by Crippen LogP contribution is 2.22. The molecule has 23 heavy (non-hydrogen) atoms. The highest BCUT2D eigenvalue weighted by Gasteiger charge is 2.12. The van der Waals surface area contributed by atoms with E-state index in [0.29, 0.717) is 16.7 Å². The van der Waals surface area contributed by atoms with Crippen LogP contribution in [0.1, 0.15) is 0 Å². The number of sulfone groups is 1. The molecule has 0 aliphatic rings. The van der Waals surface area contributed by atoms with Crippen molar-refractivity contribution >= 4 is 44.1 Å². The summed E-state index contributed by atoms with van der Waals surface area (Å²) in [6.07, 6.45) is 3.68. The number of nitrogens with one attached hydrogen (secondary N) is 1. The van der Waals surface area contributed by atoms with E-state index in [1.165, 1.54) is 30.6 Å². The number of hydrogen-bond acceptors (Lipinski definition) is 7. The third-order valence-electron chi connectivity index (χ3n) is 2.82. The van der Waals surface area contributed by atoms with Crippen LogP contribution in [0, 0.1) is 5.82 Å². The van der Waals surface area contributed by atoms with Crippen LogP contribution in [0.4, 0.5) is 16.0 Å². The average Bonchev–Trinajstić information content (AvgIpc) is 2.49. The molecule has 3 aromatic rings. The normalized spacial score (nSPS) is 11.6. The average molecular weight is 354 g/mol. The lowest BCUT2D eigenvalue weighted by Gasteiger charge is -2.06. The van der Waals surface area contributed by atoms with Crippen LogP contribution in [-0.4, -0.2) is 34.6 Å². The van der Waals surface area contributed by atoms with Gasteiger partial charge in [-0.2, -0.15) is 0 Å². The Morgan fingerprint density at radius 3 is 2.52 bits per heavy atom. The third kappa shape index (κ3) is 3.35. The second-order valence-corrected chi connectivity index (χ2v) is 6.96. The molecule has 0 radical (unpaired) electrons. The van der Waals surface area contributed by atoms with Crippen molar-refractivity contribution in [3.8, 4) is 0 Å². The topological polar surface area (TPSA) is 97.7 Å². The fraction of sp³-hybridized carbons (Fsp3) is 0.0769. The SMILES string of the molecule is CS(=O)(=O)c1ncc2nc(Nc3ccc(F)c(Cl)c3)ncc2n1. The number of rotatable bonds is 3. The Kier molecular flexibility index (Phi) is 3.82. The molecule has 0 saturated heterocycles. The van der Waals surface area contributed by atoms with E-state index in [0.717, 1.165) is 6.26 Å². The van der Waals surface area contributed by atoms with Gasteiger partial charge in [0.25, 0.3) is 0 Å². The minimum Gasteiger partial charge on any atom is -0.324 e. The Balaban J connectivity index is 1.95. The summed E-state index contributed by atoms with van der Waals surface area (Å²) >= 11 is 5.70. The van der Waals surface area contributed by atoms with Crippen LogP contribution in [0.25, 0.3) is 11.0 Å². The molecule has 1 N–H and O–H groups in total. The van der Waals surface area contributed by atoms with Gasteiger partial charge >= 0.3 is 0 Å². The second-order valence-electron chi connectivity index (χ2n) is 4.64. The summed E-state index contributed by atoms with van der Waals surface area (Å²) < 4.78 is 36.0. The molecule has 1 aromatic carbocycles. The van der Waals surface area contributed by atoms with Gasteiger partial charge in [-0.3, -0.25) is 0 Å². The maximum absolute atomic E-state index is 13.1. The molecular weight excluding hydrogens is 345 g/mol. The summed E-state index contributed by atoms with van der Waals surface area (Å²) in [5.74, 6) is -0.311. The molecule has 7 nitrogen and oxygen atoms in total. The summed E-state index contributed by atoms with van der Waals surface area (Å²) in [7, 11) is -3.51. The molecule has 2 aromatic heterocycles. The fourth-order valence-corrected chi connectivity index (χ4v) is 2.45. The molecule has 2 heterocycles. The lowest BCUT2D eigenvalue weighted by Crippen LogP contribution is -2.05. The first-order valence-electron chi connectivity index (χ1n) is 6.25. The van der Waals surface area contributed by atoms with Gasteiger partial charge in [0.1, 0.15) is 16.9 Å². The monoisotopic (exact) mass is 353 g/mol. The molecule has 0 amide bonds. The van der Waals surface area contributed by atoms with E-state index in [2.05, 4.69) is 25.3 Å². The van der Waals surface area contributed by atoms with Crippen molar-refractivity contribution in [2.75, 3.05) is 11.6 Å². The van der Waals surface area contributed by atoms with E-state index >= 15 is 0 Å². The lowest BCUT2D eigenvalue weighted by molar-refractivity contribution is 0.593. The Morgan fingerprint density at radius 1 is 1.13 bits per heavy atom. The Bertz CT molecular complexity index is 1010. The number of halogens is 2. The third-order valence-corrected chi connectivity index (χ3v) is 3.97. The van der Waals surface area contributed by atoms with Crippen LogP contribution in [0.5, 0.6) is 0 Å². The van der Waals surface area contributed by atoms with E-state index in [4.69, 9.17) is 11.6 Å². The molecule has 0 atom stereocenters. The van der Waals surface area contributed by atoms with E-state index in [-0.39, 0.29) is 16.1 Å². The number of nitrogens with zero attached hydrogens (tertiary/aromatic N) is 4. The molecule has 10 heteroatoms. The number of aromatic nitrogens is 4. The van der Waals surface area contributed by atoms with Crippen molar-refractivity contribution in [1.82, 2.24) is 19.9 Å². The zero-order valence-corrected chi connectivity index (χ0v) is 13.2. The van der Waals surface area contributed by atoms with Crippen molar-refractivity contribution in [2.45, 2.75) is 5.16 Å². The van der Waals surface area contributed by atoms with Crippen LogP contribution in [0.15, 0.2) is 35.7 Å². The van der Waals surface area contributed by atoms with E-state index < -0.39 is 15.7 Å². The molecule has 0 saturated carbocycles. The summed E-state index contributed by atoms with van der Waals surface area (Å²) in [4.78, 5) is 15.9. The molecule has 0 fully saturated rings. The first kappa shape index (κ1) is 15.5. The maximum atomic E-state index is 13.1. The van der Waals surface area contributed by atoms with Crippen LogP contribution in [0.2, 0.25) is 5.02 Å². The first-order valence-corrected chi connectivity index (χ1v) is 8.52. The van der Waals surface area contributed by atoms with Gasteiger partial charge in [-0.05, 0) is 18.2 Å². The number of anilines is 2. The Morgan fingerprint density at radius 2 is 1.83 bits per heavy atom. The second kappa shape index (κ2) is 5.67. The fourth-order valence-electron chi connectivity index (χ4n) is 1.76. The molecular formula is C13H9ClFN5O2S. The zero-order chi connectivity index (χ0) is 16.6. The van der Waals surface area contributed by atoms with Gasteiger partial charge in [0.2, 0.25) is 20.9 Å². The van der Waals surface area contributed by atoms with Gasteiger partial charge in [-0.25, -0.2) is 32.7 Å². The smallest absolute Gasteiger partial charge is 0.247 e. The van der Waals surface area contributed by atoms with Gasteiger partial charge < -0.3 is 5.32 Å². The molecule has 118 valence electrons.